The normalized spacial score (nSPS) is 29.6. The van der Waals surface area contributed by atoms with E-state index in [1.807, 2.05) is 37.3 Å². The summed E-state index contributed by atoms with van der Waals surface area (Å²) < 4.78 is 5.91. The summed E-state index contributed by atoms with van der Waals surface area (Å²) in [6, 6.07) is 9.86. The number of amides is 2. The summed E-state index contributed by atoms with van der Waals surface area (Å²) in [7, 11) is 0. The Morgan fingerprint density at radius 2 is 1.78 bits per heavy atom. The van der Waals surface area contributed by atoms with Gasteiger partial charge in [0.2, 0.25) is 11.8 Å². The Bertz CT molecular complexity index is 751. The van der Waals surface area contributed by atoms with Gasteiger partial charge in [0.1, 0.15) is 17.8 Å². The molecule has 0 saturated heterocycles. The molecule has 0 saturated carbocycles. The second kappa shape index (κ2) is 4.98. The van der Waals surface area contributed by atoms with Crippen LogP contribution < -0.4 is 11.5 Å². The van der Waals surface area contributed by atoms with Crippen molar-refractivity contribution in [1.82, 2.24) is 0 Å². The van der Waals surface area contributed by atoms with Gasteiger partial charge < -0.3 is 16.2 Å². The lowest BCUT2D eigenvalue weighted by Gasteiger charge is -2.32. The molecule has 0 bridgehead atoms. The number of nitrogens with two attached hydrogens (primary N) is 2. The minimum atomic E-state index is -1.05. The molecule has 1 aliphatic carbocycles. The van der Waals surface area contributed by atoms with Crippen molar-refractivity contribution in [3.63, 3.8) is 0 Å². The molecule has 23 heavy (non-hydrogen) atoms. The first kappa shape index (κ1) is 15.3. The van der Waals surface area contributed by atoms with Crippen LogP contribution in [0.4, 0.5) is 0 Å². The Balaban J connectivity index is 2.21. The Labute approximate surface area is 135 Å². The van der Waals surface area contributed by atoms with E-state index >= 15 is 0 Å². The van der Waals surface area contributed by atoms with Crippen molar-refractivity contribution in [2.45, 2.75) is 25.7 Å². The number of carbonyl (C=O) groups is 2. The number of ether oxygens (including phenoxy) is 1. The third kappa shape index (κ3) is 2.15. The van der Waals surface area contributed by atoms with E-state index in [0.29, 0.717) is 17.9 Å². The van der Waals surface area contributed by atoms with Gasteiger partial charge in [-0.25, -0.2) is 0 Å². The fraction of sp³-hybridized carbons (Fsp3) is 0.333. The lowest BCUT2D eigenvalue weighted by molar-refractivity contribution is -0.127. The molecule has 120 valence electrons. The molecule has 1 heterocycles. The number of hydrogen-bond acceptors (Lipinski definition) is 3. The highest BCUT2D eigenvalue weighted by Crippen LogP contribution is 2.51. The van der Waals surface area contributed by atoms with Gasteiger partial charge >= 0.3 is 0 Å². The highest BCUT2D eigenvalue weighted by atomic mass is 16.5. The van der Waals surface area contributed by atoms with Gasteiger partial charge in [0, 0.05) is 11.1 Å². The van der Waals surface area contributed by atoms with Gasteiger partial charge in [-0.15, -0.1) is 0 Å². The molecule has 0 aromatic heterocycles. The molecule has 2 atom stereocenters. The monoisotopic (exact) mass is 312 g/mol. The largest absolute Gasteiger partial charge is 0.495 e. The molecule has 0 spiro atoms. The summed E-state index contributed by atoms with van der Waals surface area (Å²) in [5.74, 6) is -0.498. The number of carbonyl (C=O) groups excluding carboxylic acids is 2. The standard InChI is InChI=1S/C18H20N2O3/c1-17(16(20)22)9-11(15(19)21)8-13-14(17)23-10-18(13,2)12-6-4-3-5-7-12/h3-8H,9-10H2,1-2H3,(H2,19,21)(H2,20,22). The Morgan fingerprint density at radius 1 is 1.13 bits per heavy atom. The van der Waals surface area contributed by atoms with Gasteiger partial charge in [0.15, 0.2) is 0 Å². The van der Waals surface area contributed by atoms with Crippen molar-refractivity contribution < 1.29 is 14.3 Å². The van der Waals surface area contributed by atoms with Crippen LogP contribution in [-0.4, -0.2) is 18.4 Å². The van der Waals surface area contributed by atoms with Gasteiger partial charge in [-0.05, 0) is 31.9 Å². The van der Waals surface area contributed by atoms with Gasteiger partial charge in [-0.2, -0.15) is 0 Å². The number of hydrogen-bond donors (Lipinski definition) is 2. The molecule has 2 unspecified atom stereocenters. The molecule has 5 heteroatoms. The van der Waals surface area contributed by atoms with Crippen molar-refractivity contribution in [2.75, 3.05) is 6.61 Å². The maximum absolute atomic E-state index is 12.1. The van der Waals surface area contributed by atoms with Crippen LogP contribution in [0.2, 0.25) is 0 Å². The summed E-state index contributed by atoms with van der Waals surface area (Å²) in [5.41, 5.74) is 11.9. The van der Waals surface area contributed by atoms with Crippen LogP contribution in [0.3, 0.4) is 0 Å². The van der Waals surface area contributed by atoms with E-state index in [0.717, 1.165) is 11.1 Å². The lowest BCUT2D eigenvalue weighted by Crippen LogP contribution is -2.40. The van der Waals surface area contributed by atoms with E-state index in [9.17, 15) is 9.59 Å². The van der Waals surface area contributed by atoms with E-state index < -0.39 is 22.6 Å². The van der Waals surface area contributed by atoms with Gasteiger partial charge in [-0.1, -0.05) is 30.3 Å². The Morgan fingerprint density at radius 3 is 2.35 bits per heavy atom. The Hall–Kier alpha value is -2.56. The van der Waals surface area contributed by atoms with Crippen molar-refractivity contribution in [2.24, 2.45) is 16.9 Å². The third-order valence-electron chi connectivity index (χ3n) is 4.98. The SMILES string of the molecule is CC1(C(N)=O)CC(C(N)=O)=CC2=C1OCC2(C)c1ccccc1. The first-order chi connectivity index (χ1) is 10.8. The number of rotatable bonds is 3. The smallest absolute Gasteiger partial charge is 0.244 e. The van der Waals surface area contributed by atoms with Crippen LogP contribution in [0, 0.1) is 5.41 Å². The van der Waals surface area contributed by atoms with Crippen LogP contribution in [0.25, 0.3) is 0 Å². The Kier molecular flexibility index (Phi) is 3.32. The van der Waals surface area contributed by atoms with E-state index in [1.54, 1.807) is 13.0 Å². The molecule has 2 aliphatic rings. The van der Waals surface area contributed by atoms with Crippen molar-refractivity contribution in [1.29, 1.82) is 0 Å². The zero-order valence-electron chi connectivity index (χ0n) is 13.3. The molecule has 5 nitrogen and oxygen atoms in total. The zero-order chi connectivity index (χ0) is 16.8. The summed E-state index contributed by atoms with van der Waals surface area (Å²) in [6.07, 6.45) is 1.93. The van der Waals surface area contributed by atoms with Crippen LogP contribution in [0.1, 0.15) is 25.8 Å². The van der Waals surface area contributed by atoms with E-state index in [2.05, 4.69) is 0 Å². The summed E-state index contributed by atoms with van der Waals surface area (Å²) in [5, 5.41) is 0. The third-order valence-corrected chi connectivity index (χ3v) is 4.98. The first-order valence-corrected chi connectivity index (χ1v) is 7.53. The highest BCUT2D eigenvalue weighted by Gasteiger charge is 2.51. The lowest BCUT2D eigenvalue weighted by atomic mass is 9.68. The molecule has 1 aromatic carbocycles. The summed E-state index contributed by atoms with van der Waals surface area (Å²) in [4.78, 5) is 23.8. The second-order valence-electron chi connectivity index (χ2n) is 6.64. The number of benzene rings is 1. The number of primary amides is 2. The molecule has 3 rings (SSSR count). The second-order valence-corrected chi connectivity index (χ2v) is 6.64. The zero-order valence-corrected chi connectivity index (χ0v) is 13.3. The predicted molar refractivity (Wildman–Crippen MR) is 86.0 cm³/mol. The van der Waals surface area contributed by atoms with E-state index in [-0.39, 0.29) is 6.42 Å². The quantitative estimate of drug-likeness (QED) is 0.886. The molecule has 4 N–H and O–H groups in total. The molecule has 0 fully saturated rings. The molecule has 1 aliphatic heterocycles. The highest BCUT2D eigenvalue weighted by molar-refractivity contribution is 5.96. The van der Waals surface area contributed by atoms with Crippen molar-refractivity contribution in [3.05, 3.63) is 58.9 Å². The summed E-state index contributed by atoms with van der Waals surface area (Å²) >= 11 is 0. The van der Waals surface area contributed by atoms with Crippen molar-refractivity contribution >= 4 is 11.8 Å². The molecular weight excluding hydrogens is 292 g/mol. The van der Waals surface area contributed by atoms with Gasteiger partial charge in [0.05, 0.1) is 5.41 Å². The van der Waals surface area contributed by atoms with Gasteiger partial charge in [0.25, 0.3) is 0 Å². The van der Waals surface area contributed by atoms with Crippen molar-refractivity contribution in [3.8, 4) is 0 Å². The van der Waals surface area contributed by atoms with E-state index in [4.69, 9.17) is 16.2 Å². The minimum Gasteiger partial charge on any atom is -0.495 e. The topological polar surface area (TPSA) is 95.4 Å². The molecule has 0 radical (unpaired) electrons. The fourth-order valence-electron chi connectivity index (χ4n) is 3.39. The van der Waals surface area contributed by atoms with E-state index in [1.165, 1.54) is 0 Å². The maximum Gasteiger partial charge on any atom is 0.244 e. The van der Waals surface area contributed by atoms with Gasteiger partial charge in [-0.3, -0.25) is 9.59 Å². The average Bonchev–Trinajstić information content (AvgIpc) is 2.87. The minimum absolute atomic E-state index is 0.168. The maximum atomic E-state index is 12.1. The first-order valence-electron chi connectivity index (χ1n) is 7.53. The van der Waals surface area contributed by atoms with Crippen LogP contribution in [-0.2, 0) is 19.7 Å². The predicted octanol–water partition coefficient (Wildman–Crippen LogP) is 1.54. The van der Waals surface area contributed by atoms with Crippen LogP contribution in [0.5, 0.6) is 0 Å². The number of allylic oxidation sites excluding steroid dienone is 1. The average molecular weight is 312 g/mol. The molecule has 2 amide bonds. The fourth-order valence-corrected chi connectivity index (χ4v) is 3.39. The summed E-state index contributed by atoms with van der Waals surface area (Å²) in [6.45, 7) is 4.14. The molecule has 1 aromatic rings. The van der Waals surface area contributed by atoms with Crippen LogP contribution in [0.15, 0.2) is 53.3 Å². The molecular formula is C18H20N2O3. The van der Waals surface area contributed by atoms with Crippen LogP contribution >= 0.6 is 0 Å².